The second-order valence-electron chi connectivity index (χ2n) is 6.54. The van der Waals surface area contributed by atoms with E-state index in [-0.39, 0.29) is 18.4 Å². The van der Waals surface area contributed by atoms with E-state index in [9.17, 15) is 4.79 Å². The van der Waals surface area contributed by atoms with Gasteiger partial charge < -0.3 is 10.6 Å². The molecule has 1 saturated carbocycles. The number of fused-ring (bicyclic) bond motifs is 1. The molecule has 0 aliphatic heterocycles. The van der Waals surface area contributed by atoms with Gasteiger partial charge in [-0.25, -0.2) is 4.52 Å². The first kappa shape index (κ1) is 18.4. The molecule has 4 rings (SSSR count). The number of hydrazone groups is 2. The molecule has 0 radical (unpaired) electrons. The molecule has 2 aromatic heterocycles. The molecule has 1 aliphatic rings. The lowest BCUT2D eigenvalue weighted by atomic mass is 10.1. The third-order valence-electron chi connectivity index (χ3n) is 4.43. The lowest BCUT2D eigenvalue weighted by Crippen LogP contribution is -2.26. The van der Waals surface area contributed by atoms with Crippen LogP contribution >= 0.6 is 0 Å². The van der Waals surface area contributed by atoms with E-state index >= 15 is 0 Å². The largest absolute Gasteiger partial charge is 0.486 e. The summed E-state index contributed by atoms with van der Waals surface area (Å²) in [5.41, 5.74) is 4.97. The zero-order valence-electron chi connectivity index (χ0n) is 15.6. The summed E-state index contributed by atoms with van der Waals surface area (Å²) >= 11 is 0. The zero-order chi connectivity index (χ0) is 20.2. The van der Waals surface area contributed by atoms with Crippen LogP contribution in [0.25, 0.3) is 16.9 Å². The van der Waals surface area contributed by atoms with Crippen molar-refractivity contribution in [3.63, 3.8) is 0 Å². The average molecular weight is 392 g/mol. The maximum Gasteiger partial charge on any atom is 0.249 e. The molecule has 10 heteroatoms. The van der Waals surface area contributed by atoms with E-state index in [0.717, 1.165) is 24.1 Å². The number of amides is 1. The first-order valence-corrected chi connectivity index (χ1v) is 9.06. The van der Waals surface area contributed by atoms with Crippen molar-refractivity contribution in [1.29, 1.82) is 0 Å². The number of nitrogens with zero attached hydrogens (tertiary/aromatic N) is 5. The summed E-state index contributed by atoms with van der Waals surface area (Å²) in [6.45, 7) is 3.45. The maximum atomic E-state index is 12.0. The number of ether oxygens (including phenoxy) is 1. The highest BCUT2D eigenvalue weighted by Crippen LogP contribution is 2.30. The number of carbonyl (C=O) groups is 1. The SMILES string of the molecule is C=NNC(COc1ccc(-c2cccc3nc(NC(=O)C4CC4)nn23)cc1)=NN. The molecular weight excluding hydrogens is 372 g/mol. The average Bonchev–Trinajstić information content (AvgIpc) is 3.51. The van der Waals surface area contributed by atoms with Crippen LogP contribution in [-0.4, -0.2) is 39.7 Å². The standard InChI is InChI=1S/C19H20N8O2/c1-21-25-16(24-20)11-29-14-9-7-12(8-10-14)15-3-2-4-17-22-19(26-27(15)17)23-18(28)13-5-6-13/h2-4,7-10,13H,1,5-6,11,20H2,(H,24,25)(H,23,26,28). The Morgan fingerprint density at radius 1 is 1.28 bits per heavy atom. The number of anilines is 1. The van der Waals surface area contributed by atoms with E-state index in [1.165, 1.54) is 0 Å². The van der Waals surface area contributed by atoms with Crippen molar-refractivity contribution in [2.75, 3.05) is 11.9 Å². The van der Waals surface area contributed by atoms with Crippen molar-refractivity contribution in [2.24, 2.45) is 22.0 Å². The Balaban J connectivity index is 1.52. The summed E-state index contributed by atoms with van der Waals surface area (Å²) in [5.74, 6) is 6.63. The van der Waals surface area contributed by atoms with Crippen LogP contribution in [-0.2, 0) is 4.79 Å². The molecular formula is C19H20N8O2. The van der Waals surface area contributed by atoms with Crippen LogP contribution in [0, 0.1) is 5.92 Å². The third-order valence-corrected chi connectivity index (χ3v) is 4.43. The second kappa shape index (κ2) is 7.97. The van der Waals surface area contributed by atoms with Gasteiger partial charge >= 0.3 is 0 Å². The Labute approximate surface area is 166 Å². The van der Waals surface area contributed by atoms with Crippen molar-refractivity contribution < 1.29 is 9.53 Å². The highest BCUT2D eigenvalue weighted by molar-refractivity contribution is 5.92. The number of aromatic nitrogens is 3. The van der Waals surface area contributed by atoms with E-state index in [2.05, 4.69) is 37.7 Å². The lowest BCUT2D eigenvalue weighted by molar-refractivity contribution is -0.117. The highest BCUT2D eigenvalue weighted by Gasteiger charge is 2.30. The number of hydrogen-bond donors (Lipinski definition) is 3. The molecule has 29 heavy (non-hydrogen) atoms. The first-order chi connectivity index (χ1) is 14.2. The molecule has 1 aromatic carbocycles. The molecule has 4 N–H and O–H groups in total. The molecule has 2 heterocycles. The number of benzene rings is 1. The Morgan fingerprint density at radius 2 is 2.07 bits per heavy atom. The fourth-order valence-electron chi connectivity index (χ4n) is 2.80. The summed E-state index contributed by atoms with van der Waals surface area (Å²) in [6, 6.07) is 13.2. The summed E-state index contributed by atoms with van der Waals surface area (Å²) in [6.07, 6.45) is 1.86. The van der Waals surface area contributed by atoms with Crippen LogP contribution in [0.2, 0.25) is 0 Å². The van der Waals surface area contributed by atoms with Gasteiger partial charge in [0.2, 0.25) is 11.9 Å². The summed E-state index contributed by atoms with van der Waals surface area (Å²) in [4.78, 5) is 16.4. The molecule has 148 valence electrons. The Kier molecular flexibility index (Phi) is 5.06. The van der Waals surface area contributed by atoms with Crippen LogP contribution in [0.1, 0.15) is 12.8 Å². The highest BCUT2D eigenvalue weighted by atomic mass is 16.5. The molecule has 0 atom stereocenters. The Bertz CT molecular complexity index is 1070. The quantitative estimate of drug-likeness (QED) is 0.242. The van der Waals surface area contributed by atoms with E-state index in [0.29, 0.717) is 23.2 Å². The van der Waals surface area contributed by atoms with E-state index in [1.54, 1.807) is 4.52 Å². The summed E-state index contributed by atoms with van der Waals surface area (Å²) < 4.78 is 7.33. The van der Waals surface area contributed by atoms with Gasteiger partial charge in [0.15, 0.2) is 11.5 Å². The Hall–Kier alpha value is -3.95. The predicted molar refractivity (Wildman–Crippen MR) is 110 cm³/mol. The Morgan fingerprint density at radius 3 is 2.76 bits per heavy atom. The van der Waals surface area contributed by atoms with Gasteiger partial charge in [0, 0.05) is 18.2 Å². The van der Waals surface area contributed by atoms with Crippen LogP contribution in [0.5, 0.6) is 5.75 Å². The van der Waals surface area contributed by atoms with E-state index in [4.69, 9.17) is 10.6 Å². The van der Waals surface area contributed by atoms with Crippen molar-refractivity contribution in [3.8, 4) is 17.0 Å². The fraction of sp³-hybridized carbons (Fsp3) is 0.211. The van der Waals surface area contributed by atoms with Crippen molar-refractivity contribution in [3.05, 3.63) is 42.5 Å². The minimum absolute atomic E-state index is 0.0227. The van der Waals surface area contributed by atoms with Crippen LogP contribution < -0.4 is 21.3 Å². The molecule has 3 aromatic rings. The zero-order valence-corrected chi connectivity index (χ0v) is 15.6. The van der Waals surface area contributed by atoms with Gasteiger partial charge in [0.05, 0.1) is 5.69 Å². The number of nitrogens with two attached hydrogens (primary N) is 1. The monoisotopic (exact) mass is 392 g/mol. The normalized spacial score (nSPS) is 13.9. The number of pyridine rings is 1. The van der Waals surface area contributed by atoms with Gasteiger partial charge in [-0.3, -0.25) is 15.5 Å². The smallest absolute Gasteiger partial charge is 0.249 e. The molecule has 1 fully saturated rings. The van der Waals surface area contributed by atoms with Crippen molar-refractivity contribution >= 4 is 30.1 Å². The number of amidine groups is 1. The van der Waals surface area contributed by atoms with Gasteiger partial charge in [-0.1, -0.05) is 6.07 Å². The van der Waals surface area contributed by atoms with E-state index < -0.39 is 0 Å². The summed E-state index contributed by atoms with van der Waals surface area (Å²) in [7, 11) is 0. The van der Waals surface area contributed by atoms with Gasteiger partial charge in [-0.2, -0.15) is 15.2 Å². The molecule has 0 unspecified atom stereocenters. The predicted octanol–water partition coefficient (Wildman–Crippen LogP) is 1.60. The summed E-state index contributed by atoms with van der Waals surface area (Å²) in [5, 5.41) is 14.3. The number of nitrogens with one attached hydrogen (secondary N) is 2. The fourth-order valence-corrected chi connectivity index (χ4v) is 2.80. The number of rotatable bonds is 7. The molecule has 10 nitrogen and oxygen atoms in total. The first-order valence-electron chi connectivity index (χ1n) is 9.06. The minimum atomic E-state index is -0.0227. The molecule has 1 aliphatic carbocycles. The van der Waals surface area contributed by atoms with Gasteiger partial charge in [-0.05, 0) is 49.2 Å². The second-order valence-corrected chi connectivity index (χ2v) is 6.54. The molecule has 1 amide bonds. The lowest BCUT2D eigenvalue weighted by Gasteiger charge is -2.09. The van der Waals surface area contributed by atoms with Crippen LogP contribution in [0.3, 0.4) is 0 Å². The minimum Gasteiger partial charge on any atom is -0.486 e. The topological polar surface area (TPSA) is 131 Å². The van der Waals surface area contributed by atoms with Crippen molar-refractivity contribution in [2.45, 2.75) is 12.8 Å². The molecule has 0 saturated heterocycles. The van der Waals surface area contributed by atoms with Gasteiger partial charge in [0.25, 0.3) is 0 Å². The van der Waals surface area contributed by atoms with Crippen LogP contribution in [0.4, 0.5) is 5.95 Å². The molecule has 0 spiro atoms. The van der Waals surface area contributed by atoms with Crippen molar-refractivity contribution in [1.82, 2.24) is 20.0 Å². The third kappa shape index (κ3) is 4.15. The maximum absolute atomic E-state index is 12.0. The van der Waals surface area contributed by atoms with E-state index in [1.807, 2.05) is 42.5 Å². The molecule has 0 bridgehead atoms. The van der Waals surface area contributed by atoms with Crippen LogP contribution in [0.15, 0.2) is 52.7 Å². The van der Waals surface area contributed by atoms with Gasteiger partial charge in [-0.15, -0.1) is 5.10 Å². The van der Waals surface area contributed by atoms with Gasteiger partial charge in [0.1, 0.15) is 12.4 Å². The number of carbonyl (C=O) groups excluding carboxylic acids is 1. The number of hydrogen-bond acceptors (Lipinski definition) is 7.